The molecule has 5 nitrogen and oxygen atoms in total. The topological polar surface area (TPSA) is 69.0 Å². The van der Waals surface area contributed by atoms with E-state index in [1.165, 1.54) is 24.8 Å². The lowest BCUT2D eigenvalue weighted by molar-refractivity contribution is -0.128. The first kappa shape index (κ1) is 21.8. The number of anilines is 1. The minimum atomic E-state index is -0.116. The number of halogens is 1. The molecule has 2 fully saturated rings. The van der Waals surface area contributed by atoms with Crippen LogP contribution in [-0.4, -0.2) is 29.5 Å². The number of hydrogen-bond acceptors (Lipinski definition) is 4. The Kier molecular flexibility index (Phi) is 6.92. The van der Waals surface area contributed by atoms with Crippen LogP contribution in [0.4, 0.5) is 5.82 Å². The molecule has 1 saturated carbocycles. The zero-order chi connectivity index (χ0) is 21.7. The van der Waals surface area contributed by atoms with Gasteiger partial charge in [-0.3, -0.25) is 4.79 Å². The van der Waals surface area contributed by atoms with Crippen LogP contribution in [0.2, 0.25) is 0 Å². The molecular formula is C25H29BrN4O. The van der Waals surface area contributed by atoms with Crippen molar-refractivity contribution in [1.82, 2.24) is 10.3 Å². The van der Waals surface area contributed by atoms with E-state index in [1.807, 2.05) is 6.07 Å². The van der Waals surface area contributed by atoms with Crippen molar-refractivity contribution in [3.8, 4) is 6.07 Å². The van der Waals surface area contributed by atoms with Crippen molar-refractivity contribution in [2.45, 2.75) is 56.9 Å². The molecule has 2 aliphatic rings. The largest absolute Gasteiger partial charge is 0.357 e. The van der Waals surface area contributed by atoms with Crippen LogP contribution in [0.5, 0.6) is 0 Å². The van der Waals surface area contributed by atoms with Crippen LogP contribution in [0.1, 0.15) is 56.1 Å². The predicted molar refractivity (Wildman–Crippen MR) is 126 cm³/mol. The van der Waals surface area contributed by atoms with Crippen molar-refractivity contribution in [2.75, 3.05) is 18.0 Å². The summed E-state index contributed by atoms with van der Waals surface area (Å²) in [6.07, 6.45) is 9.92. The van der Waals surface area contributed by atoms with E-state index in [4.69, 9.17) is 5.26 Å². The molecule has 6 heteroatoms. The number of rotatable bonds is 5. The molecule has 0 bridgehead atoms. The van der Waals surface area contributed by atoms with Gasteiger partial charge in [-0.25, -0.2) is 4.98 Å². The van der Waals surface area contributed by atoms with Gasteiger partial charge in [-0.1, -0.05) is 47.3 Å². The minimum Gasteiger partial charge on any atom is -0.357 e. The molecule has 0 spiro atoms. The molecule has 1 aliphatic carbocycles. The highest BCUT2D eigenvalue weighted by Crippen LogP contribution is 2.33. The summed E-state index contributed by atoms with van der Waals surface area (Å²) in [7, 11) is 0. The molecule has 1 saturated heterocycles. The summed E-state index contributed by atoms with van der Waals surface area (Å²) in [5, 5.41) is 12.5. The third-order valence-corrected chi connectivity index (χ3v) is 7.25. The number of aromatic nitrogens is 1. The fraction of sp³-hybridized carbons (Fsp3) is 0.480. The highest BCUT2D eigenvalue weighted by atomic mass is 79.9. The van der Waals surface area contributed by atoms with E-state index < -0.39 is 0 Å². The third-order valence-electron chi connectivity index (χ3n) is 6.72. The molecule has 2 heterocycles. The van der Waals surface area contributed by atoms with Crippen LogP contribution in [-0.2, 0) is 11.2 Å². The highest BCUT2D eigenvalue weighted by molar-refractivity contribution is 9.10. The van der Waals surface area contributed by atoms with Gasteiger partial charge >= 0.3 is 0 Å². The van der Waals surface area contributed by atoms with Crippen molar-refractivity contribution >= 4 is 27.7 Å². The first-order valence-corrected chi connectivity index (χ1v) is 12.0. The summed E-state index contributed by atoms with van der Waals surface area (Å²) in [6, 6.07) is 14.3. The summed E-state index contributed by atoms with van der Waals surface area (Å²) < 4.78 is 1.08. The number of nitrogens with one attached hydrogen (secondary N) is 1. The second-order valence-corrected chi connectivity index (χ2v) is 9.83. The molecule has 0 atom stereocenters. The number of hydrogen-bond donors (Lipinski definition) is 1. The van der Waals surface area contributed by atoms with Crippen molar-refractivity contribution in [3.63, 3.8) is 0 Å². The standard InChI is InChI=1S/C25H29BrN4O/c26-22-7-4-19(5-8-22)16-25(12-2-1-3-13-25)29-24(31)21-10-14-30(15-11-21)23-9-6-20(17-27)18-28-23/h4-9,18,21H,1-3,10-16H2,(H,29,31). The third kappa shape index (κ3) is 5.46. The van der Waals surface area contributed by atoms with Crippen molar-refractivity contribution in [1.29, 1.82) is 5.26 Å². The van der Waals surface area contributed by atoms with Crippen LogP contribution < -0.4 is 10.2 Å². The van der Waals surface area contributed by atoms with Gasteiger partial charge in [0.1, 0.15) is 11.9 Å². The maximum Gasteiger partial charge on any atom is 0.223 e. The molecule has 1 aromatic heterocycles. The summed E-state index contributed by atoms with van der Waals surface area (Å²) in [5.41, 5.74) is 1.74. The fourth-order valence-electron chi connectivity index (χ4n) is 4.94. The molecule has 0 unspecified atom stereocenters. The quantitative estimate of drug-likeness (QED) is 0.653. The van der Waals surface area contributed by atoms with Crippen molar-refractivity contribution in [3.05, 3.63) is 58.2 Å². The normalized spacial score (nSPS) is 18.9. The van der Waals surface area contributed by atoms with E-state index in [1.54, 1.807) is 12.3 Å². The van der Waals surface area contributed by atoms with Gasteiger partial charge in [0.05, 0.1) is 5.56 Å². The Labute approximate surface area is 193 Å². The van der Waals surface area contributed by atoms with E-state index >= 15 is 0 Å². The van der Waals surface area contributed by atoms with E-state index in [0.29, 0.717) is 5.56 Å². The lowest BCUT2D eigenvalue weighted by Crippen LogP contribution is -2.54. The van der Waals surface area contributed by atoms with Gasteiger partial charge in [0.2, 0.25) is 5.91 Å². The van der Waals surface area contributed by atoms with Crippen LogP contribution in [0, 0.1) is 17.2 Å². The molecule has 0 radical (unpaired) electrons. The van der Waals surface area contributed by atoms with Gasteiger partial charge in [-0.05, 0) is 61.9 Å². The van der Waals surface area contributed by atoms with E-state index in [0.717, 1.165) is 55.5 Å². The van der Waals surface area contributed by atoms with Crippen LogP contribution in [0.3, 0.4) is 0 Å². The van der Waals surface area contributed by atoms with Gasteiger partial charge in [0.15, 0.2) is 0 Å². The predicted octanol–water partition coefficient (Wildman–Crippen LogP) is 4.99. The van der Waals surface area contributed by atoms with Crippen LogP contribution in [0.15, 0.2) is 47.1 Å². The van der Waals surface area contributed by atoms with Gasteiger partial charge in [0, 0.05) is 35.2 Å². The summed E-state index contributed by atoms with van der Waals surface area (Å²) >= 11 is 3.51. The average molecular weight is 481 g/mol. The van der Waals surface area contributed by atoms with E-state index in [-0.39, 0.29) is 17.4 Å². The molecular weight excluding hydrogens is 452 g/mol. The molecule has 31 heavy (non-hydrogen) atoms. The lowest BCUT2D eigenvalue weighted by atomic mass is 9.77. The molecule has 1 aliphatic heterocycles. The maximum absolute atomic E-state index is 13.3. The Bertz CT molecular complexity index is 921. The van der Waals surface area contributed by atoms with Crippen LogP contribution >= 0.6 is 15.9 Å². The number of piperidine rings is 1. The molecule has 1 amide bonds. The van der Waals surface area contributed by atoms with Gasteiger partial charge in [0.25, 0.3) is 0 Å². The molecule has 1 aromatic carbocycles. The van der Waals surface area contributed by atoms with Gasteiger partial charge < -0.3 is 10.2 Å². The molecule has 162 valence electrons. The van der Waals surface area contributed by atoms with Crippen molar-refractivity contribution < 1.29 is 4.79 Å². The van der Waals surface area contributed by atoms with Crippen molar-refractivity contribution in [2.24, 2.45) is 5.92 Å². The zero-order valence-corrected chi connectivity index (χ0v) is 19.4. The minimum absolute atomic E-state index is 0.0540. The Morgan fingerprint density at radius 2 is 1.84 bits per heavy atom. The van der Waals surface area contributed by atoms with Crippen LogP contribution in [0.25, 0.3) is 0 Å². The lowest BCUT2D eigenvalue weighted by Gasteiger charge is -2.40. The summed E-state index contributed by atoms with van der Waals surface area (Å²) in [4.78, 5) is 19.9. The number of nitrogens with zero attached hydrogens (tertiary/aromatic N) is 3. The summed E-state index contributed by atoms with van der Waals surface area (Å²) in [5.74, 6) is 1.15. The zero-order valence-electron chi connectivity index (χ0n) is 17.8. The number of pyridine rings is 1. The first-order chi connectivity index (χ1) is 15.1. The van der Waals surface area contributed by atoms with Gasteiger partial charge in [-0.15, -0.1) is 0 Å². The maximum atomic E-state index is 13.3. The Hall–Kier alpha value is -2.39. The smallest absolute Gasteiger partial charge is 0.223 e. The number of benzene rings is 1. The SMILES string of the molecule is N#Cc1ccc(N2CCC(C(=O)NC3(Cc4ccc(Br)cc4)CCCCC3)CC2)nc1. The number of carbonyl (C=O) groups is 1. The van der Waals surface area contributed by atoms with E-state index in [2.05, 4.69) is 61.5 Å². The molecule has 1 N–H and O–H groups in total. The Morgan fingerprint density at radius 1 is 1.13 bits per heavy atom. The first-order valence-electron chi connectivity index (χ1n) is 11.2. The number of amides is 1. The fourth-order valence-corrected chi connectivity index (χ4v) is 5.21. The molecule has 2 aromatic rings. The Morgan fingerprint density at radius 3 is 2.45 bits per heavy atom. The Balaban J connectivity index is 1.37. The highest BCUT2D eigenvalue weighted by Gasteiger charge is 2.36. The number of nitriles is 1. The monoisotopic (exact) mass is 480 g/mol. The van der Waals surface area contributed by atoms with E-state index in [9.17, 15) is 4.79 Å². The second kappa shape index (κ2) is 9.82. The molecule has 4 rings (SSSR count). The second-order valence-electron chi connectivity index (χ2n) is 8.91. The van der Waals surface area contributed by atoms with Gasteiger partial charge in [-0.2, -0.15) is 5.26 Å². The average Bonchev–Trinajstić information content (AvgIpc) is 2.81. The number of carbonyl (C=O) groups excluding carboxylic acids is 1. The summed E-state index contributed by atoms with van der Waals surface area (Å²) in [6.45, 7) is 1.63.